The quantitative estimate of drug-likeness (QED) is 0.803. The summed E-state index contributed by atoms with van der Waals surface area (Å²) in [5, 5.41) is 3.30. The maximum Gasteiger partial charge on any atom is 0.0897 e. The van der Waals surface area contributed by atoms with Crippen molar-refractivity contribution in [3.63, 3.8) is 0 Å². The third-order valence-electron chi connectivity index (χ3n) is 2.59. The second-order valence-electron chi connectivity index (χ2n) is 4.00. The monoisotopic (exact) mass is 211 g/mol. The van der Waals surface area contributed by atoms with Crippen LogP contribution in [0.2, 0.25) is 0 Å². The second kappa shape index (κ2) is 4.38. The molecule has 78 valence electrons. The van der Waals surface area contributed by atoms with Gasteiger partial charge >= 0.3 is 0 Å². The highest BCUT2D eigenvalue weighted by atomic mass is 32.1. The number of nitrogens with two attached hydrogens (primary N) is 1. The summed E-state index contributed by atoms with van der Waals surface area (Å²) < 4.78 is 0. The number of piperidine rings is 1. The molecule has 14 heavy (non-hydrogen) atoms. The van der Waals surface area contributed by atoms with E-state index in [1.54, 1.807) is 11.3 Å². The largest absolute Gasteiger partial charge is 0.327 e. The Morgan fingerprint density at radius 1 is 1.71 bits per heavy atom. The molecular weight excluding hydrogens is 194 g/mol. The van der Waals surface area contributed by atoms with Crippen molar-refractivity contribution in [2.45, 2.75) is 32.4 Å². The SMILES string of the molecule is Cc1nc(CN2CCCC(N)C2)cs1. The van der Waals surface area contributed by atoms with E-state index < -0.39 is 0 Å². The Morgan fingerprint density at radius 3 is 3.21 bits per heavy atom. The fraction of sp³-hybridized carbons (Fsp3) is 0.700. The third kappa shape index (κ3) is 2.53. The van der Waals surface area contributed by atoms with Crippen molar-refractivity contribution < 1.29 is 0 Å². The van der Waals surface area contributed by atoms with E-state index in [1.807, 2.05) is 0 Å². The molecule has 0 aliphatic carbocycles. The summed E-state index contributed by atoms with van der Waals surface area (Å²) in [5.41, 5.74) is 7.12. The van der Waals surface area contributed by atoms with Gasteiger partial charge in [-0.25, -0.2) is 4.98 Å². The van der Waals surface area contributed by atoms with Gasteiger partial charge in [-0.15, -0.1) is 11.3 Å². The first-order chi connectivity index (χ1) is 6.74. The van der Waals surface area contributed by atoms with Crippen molar-refractivity contribution in [2.75, 3.05) is 13.1 Å². The van der Waals surface area contributed by atoms with Crippen LogP contribution in [0.1, 0.15) is 23.5 Å². The van der Waals surface area contributed by atoms with Crippen molar-refractivity contribution in [2.24, 2.45) is 5.73 Å². The van der Waals surface area contributed by atoms with Crippen LogP contribution in [-0.2, 0) is 6.54 Å². The molecule has 1 aromatic heterocycles. The van der Waals surface area contributed by atoms with Crippen LogP contribution in [0.15, 0.2) is 5.38 Å². The van der Waals surface area contributed by atoms with Gasteiger partial charge in [-0.05, 0) is 26.3 Å². The predicted octanol–water partition coefficient (Wildman–Crippen LogP) is 1.37. The summed E-state index contributed by atoms with van der Waals surface area (Å²) in [6.45, 7) is 5.22. The summed E-state index contributed by atoms with van der Waals surface area (Å²) in [4.78, 5) is 6.87. The predicted molar refractivity (Wildman–Crippen MR) is 59.3 cm³/mol. The molecule has 2 rings (SSSR count). The van der Waals surface area contributed by atoms with Crippen LogP contribution in [0.4, 0.5) is 0 Å². The van der Waals surface area contributed by atoms with Crippen molar-refractivity contribution in [1.29, 1.82) is 0 Å². The lowest BCUT2D eigenvalue weighted by Crippen LogP contribution is -2.42. The molecule has 0 amide bonds. The minimum Gasteiger partial charge on any atom is -0.327 e. The Hall–Kier alpha value is -0.450. The zero-order valence-corrected chi connectivity index (χ0v) is 9.39. The number of aromatic nitrogens is 1. The number of rotatable bonds is 2. The van der Waals surface area contributed by atoms with E-state index in [4.69, 9.17) is 5.73 Å². The van der Waals surface area contributed by atoms with Gasteiger partial charge in [-0.3, -0.25) is 4.90 Å². The molecule has 3 nitrogen and oxygen atoms in total. The number of aryl methyl sites for hydroxylation is 1. The van der Waals surface area contributed by atoms with E-state index in [0.29, 0.717) is 6.04 Å². The number of hydrogen-bond acceptors (Lipinski definition) is 4. The molecule has 0 aromatic carbocycles. The Balaban J connectivity index is 1.90. The van der Waals surface area contributed by atoms with E-state index in [9.17, 15) is 0 Å². The highest BCUT2D eigenvalue weighted by molar-refractivity contribution is 7.09. The van der Waals surface area contributed by atoms with Crippen LogP contribution in [0.25, 0.3) is 0 Å². The van der Waals surface area contributed by atoms with Crippen LogP contribution >= 0.6 is 11.3 Å². The van der Waals surface area contributed by atoms with Crippen LogP contribution in [-0.4, -0.2) is 29.0 Å². The summed E-state index contributed by atoms with van der Waals surface area (Å²) in [5.74, 6) is 0. The lowest BCUT2D eigenvalue weighted by atomic mass is 10.1. The fourth-order valence-electron chi connectivity index (χ4n) is 1.94. The Kier molecular flexibility index (Phi) is 3.15. The van der Waals surface area contributed by atoms with Gasteiger partial charge in [0.2, 0.25) is 0 Å². The third-order valence-corrected chi connectivity index (χ3v) is 3.42. The van der Waals surface area contributed by atoms with Gasteiger partial charge < -0.3 is 5.73 Å². The lowest BCUT2D eigenvalue weighted by Gasteiger charge is -2.29. The number of thiazole rings is 1. The smallest absolute Gasteiger partial charge is 0.0897 e. The molecule has 2 N–H and O–H groups in total. The van der Waals surface area contributed by atoms with Crippen molar-refractivity contribution in [3.8, 4) is 0 Å². The minimum absolute atomic E-state index is 0.364. The molecule has 1 aliphatic rings. The molecule has 1 atom stereocenters. The number of hydrogen-bond donors (Lipinski definition) is 1. The van der Waals surface area contributed by atoms with Crippen LogP contribution in [0, 0.1) is 6.92 Å². The van der Waals surface area contributed by atoms with E-state index in [-0.39, 0.29) is 0 Å². The first-order valence-electron chi connectivity index (χ1n) is 5.13. The maximum absolute atomic E-state index is 5.92. The zero-order valence-electron chi connectivity index (χ0n) is 8.57. The molecule has 1 unspecified atom stereocenters. The van der Waals surface area contributed by atoms with Gasteiger partial charge in [-0.2, -0.15) is 0 Å². The molecule has 0 radical (unpaired) electrons. The molecule has 0 spiro atoms. The molecule has 0 bridgehead atoms. The maximum atomic E-state index is 5.92. The molecule has 4 heteroatoms. The molecule has 1 aliphatic heterocycles. The zero-order chi connectivity index (χ0) is 9.97. The first kappa shape index (κ1) is 10.1. The summed E-state index contributed by atoms with van der Waals surface area (Å²) in [7, 11) is 0. The number of likely N-dealkylation sites (tertiary alicyclic amines) is 1. The van der Waals surface area contributed by atoms with Gasteiger partial charge in [0.1, 0.15) is 0 Å². The Labute approximate surface area is 88.9 Å². The first-order valence-corrected chi connectivity index (χ1v) is 6.01. The van der Waals surface area contributed by atoms with Crippen LogP contribution < -0.4 is 5.73 Å². The number of nitrogens with zero attached hydrogens (tertiary/aromatic N) is 2. The standard InChI is InChI=1S/C10H17N3S/c1-8-12-10(7-14-8)6-13-4-2-3-9(11)5-13/h7,9H,2-6,11H2,1H3. The average molecular weight is 211 g/mol. The molecule has 1 saturated heterocycles. The van der Waals surface area contributed by atoms with E-state index in [1.165, 1.54) is 25.1 Å². The highest BCUT2D eigenvalue weighted by Crippen LogP contribution is 2.14. The van der Waals surface area contributed by atoms with E-state index >= 15 is 0 Å². The topological polar surface area (TPSA) is 42.2 Å². The average Bonchev–Trinajstić information content (AvgIpc) is 2.51. The van der Waals surface area contributed by atoms with Gasteiger partial charge in [-0.1, -0.05) is 0 Å². The van der Waals surface area contributed by atoms with Gasteiger partial charge in [0.05, 0.1) is 10.7 Å². The lowest BCUT2D eigenvalue weighted by molar-refractivity contribution is 0.200. The molecule has 1 aromatic rings. The second-order valence-corrected chi connectivity index (χ2v) is 5.06. The Morgan fingerprint density at radius 2 is 2.57 bits per heavy atom. The molecule has 2 heterocycles. The normalized spacial score (nSPS) is 24.0. The van der Waals surface area contributed by atoms with Gasteiger partial charge in [0.15, 0.2) is 0 Å². The van der Waals surface area contributed by atoms with E-state index in [0.717, 1.165) is 18.1 Å². The molecular formula is C10H17N3S. The molecule has 0 saturated carbocycles. The van der Waals surface area contributed by atoms with Crippen LogP contribution in [0.5, 0.6) is 0 Å². The summed E-state index contributed by atoms with van der Waals surface area (Å²) in [6.07, 6.45) is 2.40. The minimum atomic E-state index is 0.364. The van der Waals surface area contributed by atoms with Crippen LogP contribution in [0.3, 0.4) is 0 Å². The van der Waals surface area contributed by atoms with Crippen molar-refractivity contribution in [1.82, 2.24) is 9.88 Å². The van der Waals surface area contributed by atoms with Gasteiger partial charge in [0.25, 0.3) is 0 Å². The van der Waals surface area contributed by atoms with Crippen molar-refractivity contribution in [3.05, 3.63) is 16.1 Å². The van der Waals surface area contributed by atoms with Crippen molar-refractivity contribution >= 4 is 11.3 Å². The fourth-order valence-corrected chi connectivity index (χ4v) is 2.55. The Bertz CT molecular complexity index is 297. The van der Waals surface area contributed by atoms with Gasteiger partial charge in [0, 0.05) is 24.5 Å². The summed E-state index contributed by atoms with van der Waals surface area (Å²) in [6, 6.07) is 0.364. The highest BCUT2D eigenvalue weighted by Gasteiger charge is 2.17. The van der Waals surface area contributed by atoms with E-state index in [2.05, 4.69) is 22.2 Å². The molecule has 1 fully saturated rings. The summed E-state index contributed by atoms with van der Waals surface area (Å²) >= 11 is 1.72.